The Labute approximate surface area is 119 Å². The van der Waals surface area contributed by atoms with Crippen molar-refractivity contribution >= 4 is 0 Å². The molecule has 1 aliphatic heterocycles. The van der Waals surface area contributed by atoms with Gasteiger partial charge in [-0.1, -0.05) is 30.3 Å². The molecule has 0 saturated carbocycles. The van der Waals surface area contributed by atoms with Gasteiger partial charge in [0, 0.05) is 32.7 Å². The maximum Gasteiger partial charge on any atom is 0.140 e. The van der Waals surface area contributed by atoms with Gasteiger partial charge in [-0.3, -0.25) is 9.58 Å². The van der Waals surface area contributed by atoms with E-state index in [0.717, 1.165) is 38.4 Å². The molecule has 1 aromatic heterocycles. The van der Waals surface area contributed by atoms with E-state index in [0.29, 0.717) is 6.04 Å². The molecule has 1 unspecified atom stereocenters. The Bertz CT molecular complexity index is 536. The van der Waals surface area contributed by atoms with E-state index in [2.05, 4.69) is 50.6 Å². The molecular weight excluding hydrogens is 250 g/mol. The van der Waals surface area contributed by atoms with Crippen LogP contribution in [0.4, 0.5) is 0 Å². The van der Waals surface area contributed by atoms with Crippen LogP contribution in [0.25, 0.3) is 0 Å². The molecule has 5 heteroatoms. The van der Waals surface area contributed by atoms with E-state index in [-0.39, 0.29) is 0 Å². The maximum atomic E-state index is 4.31. The zero-order chi connectivity index (χ0) is 13.8. The van der Waals surface area contributed by atoms with Gasteiger partial charge >= 0.3 is 0 Å². The number of piperazine rings is 1. The Hall–Kier alpha value is -1.72. The molecule has 1 aromatic carbocycles. The predicted molar refractivity (Wildman–Crippen MR) is 78.2 cm³/mol. The van der Waals surface area contributed by atoms with Crippen molar-refractivity contribution in [1.29, 1.82) is 0 Å². The first-order chi connectivity index (χ1) is 9.81. The minimum absolute atomic E-state index is 0.513. The number of rotatable bonds is 4. The van der Waals surface area contributed by atoms with Crippen LogP contribution < -0.4 is 5.32 Å². The zero-order valence-corrected chi connectivity index (χ0v) is 11.9. The maximum absolute atomic E-state index is 4.31. The molecule has 2 aromatic rings. The van der Waals surface area contributed by atoms with Gasteiger partial charge in [0.1, 0.15) is 12.2 Å². The number of hydrogen-bond donors (Lipinski definition) is 1. The molecule has 1 aliphatic rings. The normalized spacial score (nSPS) is 20.1. The number of nitrogens with one attached hydrogen (secondary N) is 1. The van der Waals surface area contributed by atoms with Gasteiger partial charge in [0.15, 0.2) is 0 Å². The van der Waals surface area contributed by atoms with E-state index in [9.17, 15) is 0 Å². The molecule has 20 heavy (non-hydrogen) atoms. The number of hydrogen-bond acceptors (Lipinski definition) is 4. The molecule has 0 amide bonds. The van der Waals surface area contributed by atoms with Gasteiger partial charge in [-0.15, -0.1) is 0 Å². The lowest BCUT2D eigenvalue weighted by molar-refractivity contribution is 0.186. The van der Waals surface area contributed by atoms with E-state index in [1.54, 1.807) is 6.33 Å². The summed E-state index contributed by atoms with van der Waals surface area (Å²) in [5.74, 6) is 1.03. The Morgan fingerprint density at radius 1 is 1.30 bits per heavy atom. The van der Waals surface area contributed by atoms with Gasteiger partial charge in [0.2, 0.25) is 0 Å². The third-order valence-corrected chi connectivity index (χ3v) is 3.83. The van der Waals surface area contributed by atoms with E-state index in [1.807, 2.05) is 11.7 Å². The second-order valence-corrected chi connectivity index (χ2v) is 5.38. The van der Waals surface area contributed by atoms with Crippen LogP contribution in [0.2, 0.25) is 0 Å². The quantitative estimate of drug-likeness (QED) is 0.895. The summed E-state index contributed by atoms with van der Waals surface area (Å²) in [5, 5.41) is 7.74. The SMILES string of the molecule is Cn1ncnc1CN1CCNC(Cc2ccccc2)C1. The predicted octanol–water partition coefficient (Wildman–Crippen LogP) is 0.832. The number of aromatic nitrogens is 3. The summed E-state index contributed by atoms with van der Waals surface area (Å²) >= 11 is 0. The molecule has 2 heterocycles. The van der Waals surface area contributed by atoms with E-state index in [4.69, 9.17) is 0 Å². The molecule has 0 bridgehead atoms. The fraction of sp³-hybridized carbons (Fsp3) is 0.467. The van der Waals surface area contributed by atoms with Crippen molar-refractivity contribution in [2.24, 2.45) is 7.05 Å². The highest BCUT2D eigenvalue weighted by atomic mass is 15.3. The van der Waals surface area contributed by atoms with Crippen molar-refractivity contribution in [2.75, 3.05) is 19.6 Å². The fourth-order valence-corrected chi connectivity index (χ4v) is 2.74. The van der Waals surface area contributed by atoms with Crippen LogP contribution in [0.1, 0.15) is 11.4 Å². The van der Waals surface area contributed by atoms with Crippen molar-refractivity contribution in [1.82, 2.24) is 25.0 Å². The summed E-state index contributed by atoms with van der Waals surface area (Å²) < 4.78 is 1.86. The molecule has 0 aliphatic carbocycles. The molecule has 0 spiro atoms. The molecular formula is C15H21N5. The molecule has 1 atom stereocenters. The van der Waals surface area contributed by atoms with Crippen LogP contribution in [-0.2, 0) is 20.0 Å². The first-order valence-electron chi connectivity index (χ1n) is 7.14. The lowest BCUT2D eigenvalue weighted by Gasteiger charge is -2.33. The van der Waals surface area contributed by atoms with Crippen LogP contribution in [0.3, 0.4) is 0 Å². The Morgan fingerprint density at radius 2 is 2.15 bits per heavy atom. The van der Waals surface area contributed by atoms with Gasteiger partial charge in [-0.25, -0.2) is 4.98 Å². The summed E-state index contributed by atoms with van der Waals surface area (Å²) in [6.45, 7) is 4.04. The van der Waals surface area contributed by atoms with Gasteiger partial charge in [0.25, 0.3) is 0 Å². The topological polar surface area (TPSA) is 46.0 Å². The first-order valence-corrected chi connectivity index (χ1v) is 7.14. The zero-order valence-electron chi connectivity index (χ0n) is 11.9. The fourth-order valence-electron chi connectivity index (χ4n) is 2.74. The minimum Gasteiger partial charge on any atom is -0.311 e. The summed E-state index contributed by atoms with van der Waals surface area (Å²) in [5.41, 5.74) is 1.39. The highest BCUT2D eigenvalue weighted by Gasteiger charge is 2.20. The average Bonchev–Trinajstić information content (AvgIpc) is 2.86. The number of nitrogens with zero attached hydrogens (tertiary/aromatic N) is 4. The van der Waals surface area contributed by atoms with E-state index >= 15 is 0 Å². The molecule has 1 fully saturated rings. The molecule has 5 nitrogen and oxygen atoms in total. The van der Waals surface area contributed by atoms with Crippen molar-refractivity contribution in [3.63, 3.8) is 0 Å². The van der Waals surface area contributed by atoms with Crippen LogP contribution in [0, 0.1) is 0 Å². The van der Waals surface area contributed by atoms with Crippen molar-refractivity contribution in [2.45, 2.75) is 19.0 Å². The summed E-state index contributed by atoms with van der Waals surface area (Å²) in [6, 6.07) is 11.2. The third kappa shape index (κ3) is 3.23. The molecule has 106 valence electrons. The van der Waals surface area contributed by atoms with Gasteiger partial charge in [-0.05, 0) is 12.0 Å². The molecule has 1 N–H and O–H groups in total. The Balaban J connectivity index is 1.58. The highest BCUT2D eigenvalue weighted by molar-refractivity contribution is 5.16. The third-order valence-electron chi connectivity index (χ3n) is 3.83. The largest absolute Gasteiger partial charge is 0.311 e. The van der Waals surface area contributed by atoms with Crippen LogP contribution in [-0.4, -0.2) is 45.3 Å². The Morgan fingerprint density at radius 3 is 2.90 bits per heavy atom. The molecule has 1 saturated heterocycles. The minimum atomic E-state index is 0.513. The van der Waals surface area contributed by atoms with Crippen molar-refractivity contribution in [3.05, 3.63) is 48.0 Å². The first kappa shape index (κ1) is 13.3. The standard InChI is InChI=1S/C15H21N5/c1-19-15(17-12-18-19)11-20-8-7-16-14(10-20)9-13-5-3-2-4-6-13/h2-6,12,14,16H,7-11H2,1H3. The van der Waals surface area contributed by atoms with Crippen LogP contribution in [0.15, 0.2) is 36.7 Å². The van der Waals surface area contributed by atoms with Gasteiger partial charge in [-0.2, -0.15) is 5.10 Å². The van der Waals surface area contributed by atoms with Crippen LogP contribution >= 0.6 is 0 Å². The number of aryl methyl sites for hydroxylation is 1. The lowest BCUT2D eigenvalue weighted by Crippen LogP contribution is -2.51. The highest BCUT2D eigenvalue weighted by Crippen LogP contribution is 2.09. The second kappa shape index (κ2) is 6.15. The van der Waals surface area contributed by atoms with E-state index in [1.165, 1.54) is 5.56 Å². The van der Waals surface area contributed by atoms with E-state index < -0.39 is 0 Å². The summed E-state index contributed by atoms with van der Waals surface area (Å²) in [6.07, 6.45) is 2.70. The molecule has 3 rings (SSSR count). The monoisotopic (exact) mass is 271 g/mol. The van der Waals surface area contributed by atoms with Gasteiger partial charge < -0.3 is 5.32 Å². The smallest absolute Gasteiger partial charge is 0.140 e. The molecule has 0 radical (unpaired) electrons. The van der Waals surface area contributed by atoms with Crippen molar-refractivity contribution in [3.8, 4) is 0 Å². The van der Waals surface area contributed by atoms with Crippen LogP contribution in [0.5, 0.6) is 0 Å². The van der Waals surface area contributed by atoms with Crippen molar-refractivity contribution < 1.29 is 0 Å². The average molecular weight is 271 g/mol. The summed E-state index contributed by atoms with van der Waals surface area (Å²) in [7, 11) is 1.95. The summed E-state index contributed by atoms with van der Waals surface area (Å²) in [4.78, 5) is 6.76. The van der Waals surface area contributed by atoms with Gasteiger partial charge in [0.05, 0.1) is 6.54 Å². The Kier molecular flexibility index (Phi) is 4.08. The second-order valence-electron chi connectivity index (χ2n) is 5.38. The lowest BCUT2D eigenvalue weighted by atomic mass is 10.0. The number of benzene rings is 1.